The number of imide groups is 1. The van der Waals surface area contributed by atoms with Crippen molar-refractivity contribution in [2.75, 3.05) is 39.9 Å². The number of hydrogen-bond donors (Lipinski definition) is 1. The van der Waals surface area contributed by atoms with Crippen LogP contribution in [0.15, 0.2) is 0 Å². The summed E-state index contributed by atoms with van der Waals surface area (Å²) in [5.74, 6) is -0.679. The zero-order valence-corrected chi connectivity index (χ0v) is 11.6. The summed E-state index contributed by atoms with van der Waals surface area (Å²) >= 11 is 0. The van der Waals surface area contributed by atoms with Gasteiger partial charge in [-0.05, 0) is 6.92 Å². The van der Waals surface area contributed by atoms with E-state index >= 15 is 0 Å². The largest absolute Gasteiger partial charge is 0.394 e. The number of aliphatic hydroxyl groups excluding tert-OH is 1. The van der Waals surface area contributed by atoms with Crippen molar-refractivity contribution < 1.29 is 24.2 Å². The summed E-state index contributed by atoms with van der Waals surface area (Å²) in [7, 11) is 1.52. The number of amides is 4. The van der Waals surface area contributed by atoms with Crippen LogP contribution >= 0.6 is 0 Å². The Bertz CT molecular complexity index is 427. The summed E-state index contributed by atoms with van der Waals surface area (Å²) in [6.07, 6.45) is -0.414. The number of aliphatic hydroxyl groups is 1. The lowest BCUT2D eigenvalue weighted by atomic mass is 10.2. The van der Waals surface area contributed by atoms with Crippen LogP contribution in [0, 0.1) is 0 Å². The molecular formula is C12H19N3O5. The molecule has 0 saturated carbocycles. The molecule has 20 heavy (non-hydrogen) atoms. The normalized spacial score (nSPS) is 27.4. The zero-order chi connectivity index (χ0) is 14.9. The quantitative estimate of drug-likeness (QED) is 0.637. The Hall–Kier alpha value is -1.67. The number of carbonyl (C=O) groups is 3. The highest BCUT2D eigenvalue weighted by atomic mass is 16.5. The fourth-order valence-corrected chi connectivity index (χ4v) is 2.33. The number of ether oxygens (including phenoxy) is 1. The molecule has 0 bridgehead atoms. The van der Waals surface area contributed by atoms with E-state index in [0.717, 1.165) is 4.90 Å². The molecule has 2 aliphatic heterocycles. The van der Waals surface area contributed by atoms with Gasteiger partial charge in [-0.15, -0.1) is 0 Å². The summed E-state index contributed by atoms with van der Waals surface area (Å²) in [6.45, 7) is 2.00. The molecule has 8 nitrogen and oxygen atoms in total. The third kappa shape index (κ3) is 2.75. The van der Waals surface area contributed by atoms with Gasteiger partial charge in [-0.25, -0.2) is 4.79 Å². The van der Waals surface area contributed by atoms with Crippen molar-refractivity contribution in [1.29, 1.82) is 0 Å². The first-order valence-corrected chi connectivity index (χ1v) is 6.51. The molecule has 2 aliphatic rings. The van der Waals surface area contributed by atoms with Gasteiger partial charge in [-0.3, -0.25) is 14.5 Å². The first kappa shape index (κ1) is 14.7. The fourth-order valence-electron chi connectivity index (χ4n) is 2.33. The van der Waals surface area contributed by atoms with E-state index < -0.39 is 12.1 Å². The van der Waals surface area contributed by atoms with Gasteiger partial charge in [0.15, 0.2) is 0 Å². The monoisotopic (exact) mass is 285 g/mol. The third-order valence-electron chi connectivity index (χ3n) is 3.55. The van der Waals surface area contributed by atoms with Crippen molar-refractivity contribution in [3.8, 4) is 0 Å². The Labute approximate surface area is 116 Å². The lowest BCUT2D eigenvalue weighted by molar-refractivity contribution is -0.148. The molecule has 0 aliphatic carbocycles. The average Bonchev–Trinajstić information content (AvgIpc) is 2.66. The summed E-state index contributed by atoms with van der Waals surface area (Å²) in [4.78, 5) is 39.4. The molecule has 0 aromatic carbocycles. The Morgan fingerprint density at radius 2 is 2.15 bits per heavy atom. The van der Waals surface area contributed by atoms with Gasteiger partial charge in [0.05, 0.1) is 25.4 Å². The van der Waals surface area contributed by atoms with E-state index in [-0.39, 0.29) is 44.1 Å². The topological polar surface area (TPSA) is 90.4 Å². The Kier molecular flexibility index (Phi) is 4.24. The molecule has 112 valence electrons. The maximum Gasteiger partial charge on any atom is 0.327 e. The molecule has 2 saturated heterocycles. The summed E-state index contributed by atoms with van der Waals surface area (Å²) in [6, 6.07) is -0.598. The molecule has 2 rings (SSSR count). The first-order valence-electron chi connectivity index (χ1n) is 6.51. The molecule has 0 aromatic rings. The second-order valence-corrected chi connectivity index (χ2v) is 5.15. The molecule has 0 spiro atoms. The Morgan fingerprint density at radius 3 is 2.70 bits per heavy atom. The number of nitrogens with zero attached hydrogens (tertiary/aromatic N) is 3. The SMILES string of the molecule is CC1COC(CO)CN1C(=O)CN1C(=O)CN(C)C1=O. The summed E-state index contributed by atoms with van der Waals surface area (Å²) in [5.41, 5.74) is 0. The highest BCUT2D eigenvalue weighted by Crippen LogP contribution is 2.14. The van der Waals surface area contributed by atoms with Crippen LogP contribution in [0.5, 0.6) is 0 Å². The van der Waals surface area contributed by atoms with Crippen molar-refractivity contribution in [2.45, 2.75) is 19.1 Å². The maximum atomic E-state index is 12.2. The van der Waals surface area contributed by atoms with Crippen molar-refractivity contribution in [2.24, 2.45) is 0 Å². The van der Waals surface area contributed by atoms with E-state index in [4.69, 9.17) is 9.84 Å². The number of hydrogen-bond acceptors (Lipinski definition) is 5. The molecule has 4 amide bonds. The van der Waals surface area contributed by atoms with Crippen LogP contribution in [-0.4, -0.2) is 89.7 Å². The molecule has 2 atom stereocenters. The van der Waals surface area contributed by atoms with Gasteiger partial charge in [0.25, 0.3) is 5.91 Å². The van der Waals surface area contributed by atoms with Crippen LogP contribution in [0.25, 0.3) is 0 Å². The van der Waals surface area contributed by atoms with Gasteiger partial charge in [-0.2, -0.15) is 0 Å². The molecule has 2 fully saturated rings. The van der Waals surface area contributed by atoms with Gasteiger partial charge in [0.2, 0.25) is 5.91 Å². The highest BCUT2D eigenvalue weighted by Gasteiger charge is 2.37. The Balaban J connectivity index is 2.00. The second-order valence-electron chi connectivity index (χ2n) is 5.15. The molecule has 0 radical (unpaired) electrons. The number of carbonyl (C=O) groups excluding carboxylic acids is 3. The lowest BCUT2D eigenvalue weighted by Gasteiger charge is -2.37. The molecule has 1 N–H and O–H groups in total. The third-order valence-corrected chi connectivity index (χ3v) is 3.55. The molecule has 0 aromatic heterocycles. The number of likely N-dealkylation sites (N-methyl/N-ethyl adjacent to an activating group) is 1. The molecule has 2 heterocycles. The van der Waals surface area contributed by atoms with E-state index in [2.05, 4.69) is 0 Å². The van der Waals surface area contributed by atoms with Crippen LogP contribution < -0.4 is 0 Å². The van der Waals surface area contributed by atoms with Crippen LogP contribution in [-0.2, 0) is 14.3 Å². The minimum atomic E-state index is -0.456. The zero-order valence-electron chi connectivity index (χ0n) is 11.6. The average molecular weight is 285 g/mol. The maximum absolute atomic E-state index is 12.2. The highest BCUT2D eigenvalue weighted by molar-refractivity contribution is 6.04. The summed E-state index contributed by atoms with van der Waals surface area (Å²) in [5, 5.41) is 9.09. The van der Waals surface area contributed by atoms with Gasteiger partial charge in [0.1, 0.15) is 13.1 Å². The Morgan fingerprint density at radius 1 is 1.45 bits per heavy atom. The number of urea groups is 1. The number of morpholine rings is 1. The van der Waals surface area contributed by atoms with E-state index in [0.29, 0.717) is 6.61 Å². The van der Waals surface area contributed by atoms with E-state index in [1.165, 1.54) is 11.9 Å². The number of rotatable bonds is 3. The van der Waals surface area contributed by atoms with Crippen molar-refractivity contribution in [1.82, 2.24) is 14.7 Å². The predicted octanol–water partition coefficient (Wildman–Crippen LogP) is -1.51. The van der Waals surface area contributed by atoms with Gasteiger partial charge in [0, 0.05) is 13.6 Å². The van der Waals surface area contributed by atoms with E-state index in [1.54, 1.807) is 4.90 Å². The molecular weight excluding hydrogens is 266 g/mol. The lowest BCUT2D eigenvalue weighted by Crippen LogP contribution is -2.54. The van der Waals surface area contributed by atoms with Crippen LogP contribution in [0.3, 0.4) is 0 Å². The van der Waals surface area contributed by atoms with Crippen LogP contribution in [0.4, 0.5) is 4.79 Å². The van der Waals surface area contributed by atoms with E-state index in [9.17, 15) is 14.4 Å². The van der Waals surface area contributed by atoms with Gasteiger partial charge >= 0.3 is 6.03 Å². The molecule has 2 unspecified atom stereocenters. The minimum absolute atomic E-state index is 0.00401. The van der Waals surface area contributed by atoms with Crippen molar-refractivity contribution in [3.63, 3.8) is 0 Å². The van der Waals surface area contributed by atoms with E-state index in [1.807, 2.05) is 6.92 Å². The smallest absolute Gasteiger partial charge is 0.327 e. The van der Waals surface area contributed by atoms with Crippen molar-refractivity contribution in [3.05, 3.63) is 0 Å². The first-order chi connectivity index (χ1) is 9.43. The van der Waals surface area contributed by atoms with Crippen molar-refractivity contribution >= 4 is 17.8 Å². The minimum Gasteiger partial charge on any atom is -0.394 e. The van der Waals surface area contributed by atoms with Gasteiger partial charge in [-0.1, -0.05) is 0 Å². The fraction of sp³-hybridized carbons (Fsp3) is 0.750. The van der Waals surface area contributed by atoms with Gasteiger partial charge < -0.3 is 19.6 Å². The summed E-state index contributed by atoms with van der Waals surface area (Å²) < 4.78 is 5.35. The second kappa shape index (κ2) is 5.76. The molecule has 8 heteroatoms. The predicted molar refractivity (Wildman–Crippen MR) is 67.7 cm³/mol. The van der Waals surface area contributed by atoms with Crippen LogP contribution in [0.1, 0.15) is 6.92 Å². The van der Waals surface area contributed by atoms with Crippen LogP contribution in [0.2, 0.25) is 0 Å². The standard InChI is InChI=1S/C12H19N3O5/c1-8-7-20-9(6-16)3-14(8)11(18)5-15-10(17)4-13(2)12(15)19/h8-9,16H,3-7H2,1-2H3.